The standard InChI is InChI=1S/C17H20N6O4/c1-11-16(23(25)26)12(2)22(19-11)10-14-5-6-15(27-14)17(24)20(3)8-13-7-18-21(4)9-13/h5-7,9H,8,10H2,1-4H3. The van der Waals surface area contributed by atoms with Crippen LogP contribution in [0.4, 0.5) is 5.69 Å². The lowest BCUT2D eigenvalue weighted by molar-refractivity contribution is -0.386. The number of furan rings is 1. The topological polar surface area (TPSA) is 112 Å². The van der Waals surface area contributed by atoms with Gasteiger partial charge in [-0.25, -0.2) is 0 Å². The molecule has 0 saturated carbocycles. The molecule has 0 aromatic carbocycles. The maximum atomic E-state index is 12.5. The molecule has 10 heteroatoms. The zero-order valence-electron chi connectivity index (χ0n) is 15.5. The van der Waals surface area contributed by atoms with E-state index in [2.05, 4.69) is 10.2 Å². The van der Waals surface area contributed by atoms with Crippen LogP contribution in [0.5, 0.6) is 0 Å². The molecule has 1 amide bonds. The molecule has 3 rings (SSSR count). The molecule has 0 unspecified atom stereocenters. The molecule has 0 spiro atoms. The monoisotopic (exact) mass is 372 g/mol. The Morgan fingerprint density at radius 3 is 2.70 bits per heavy atom. The van der Waals surface area contributed by atoms with Gasteiger partial charge in [-0.15, -0.1) is 0 Å². The van der Waals surface area contributed by atoms with E-state index in [-0.39, 0.29) is 23.9 Å². The van der Waals surface area contributed by atoms with Crippen molar-refractivity contribution < 1.29 is 14.1 Å². The number of carbonyl (C=O) groups excluding carboxylic acids is 1. The molecule has 142 valence electrons. The third-order valence-electron chi connectivity index (χ3n) is 4.23. The number of aromatic nitrogens is 4. The molecule has 3 aromatic heterocycles. The maximum absolute atomic E-state index is 12.5. The van der Waals surface area contributed by atoms with Crippen LogP contribution < -0.4 is 0 Å². The van der Waals surface area contributed by atoms with Gasteiger partial charge in [0.15, 0.2) is 5.76 Å². The first-order valence-corrected chi connectivity index (χ1v) is 8.26. The fourth-order valence-electron chi connectivity index (χ4n) is 2.92. The Bertz CT molecular complexity index is 999. The van der Waals surface area contributed by atoms with Gasteiger partial charge in [0.25, 0.3) is 5.91 Å². The van der Waals surface area contributed by atoms with E-state index in [1.807, 2.05) is 13.2 Å². The number of amides is 1. The minimum Gasteiger partial charge on any atom is -0.454 e. The number of hydrogen-bond acceptors (Lipinski definition) is 6. The van der Waals surface area contributed by atoms with Crippen LogP contribution in [0.15, 0.2) is 28.9 Å². The molecule has 0 radical (unpaired) electrons. The predicted molar refractivity (Wildman–Crippen MR) is 95.2 cm³/mol. The van der Waals surface area contributed by atoms with Crippen LogP contribution >= 0.6 is 0 Å². The molecule has 3 aromatic rings. The lowest BCUT2D eigenvalue weighted by Crippen LogP contribution is -2.25. The Hall–Kier alpha value is -3.43. The third-order valence-corrected chi connectivity index (χ3v) is 4.23. The summed E-state index contributed by atoms with van der Waals surface area (Å²) in [6.45, 7) is 3.84. The Morgan fingerprint density at radius 2 is 2.11 bits per heavy atom. The molecule has 0 aliphatic carbocycles. The molecule has 0 bridgehead atoms. The van der Waals surface area contributed by atoms with E-state index in [0.717, 1.165) is 5.56 Å². The van der Waals surface area contributed by atoms with E-state index in [1.165, 1.54) is 9.58 Å². The quantitative estimate of drug-likeness (QED) is 0.483. The number of aryl methyl sites for hydroxylation is 2. The molecule has 0 atom stereocenters. The number of carbonyl (C=O) groups is 1. The van der Waals surface area contributed by atoms with Crippen molar-refractivity contribution in [2.45, 2.75) is 26.9 Å². The van der Waals surface area contributed by atoms with Crippen molar-refractivity contribution in [1.82, 2.24) is 24.5 Å². The summed E-state index contributed by atoms with van der Waals surface area (Å²) in [5.41, 5.74) is 1.69. The lowest BCUT2D eigenvalue weighted by atomic mass is 10.3. The summed E-state index contributed by atoms with van der Waals surface area (Å²) in [6, 6.07) is 3.27. The van der Waals surface area contributed by atoms with Crippen LogP contribution in [0.2, 0.25) is 0 Å². The number of hydrogen-bond donors (Lipinski definition) is 0. The van der Waals surface area contributed by atoms with Gasteiger partial charge in [-0.2, -0.15) is 10.2 Å². The normalized spacial score (nSPS) is 11.0. The highest BCUT2D eigenvalue weighted by atomic mass is 16.6. The minimum absolute atomic E-state index is 0.00550. The molecule has 3 heterocycles. The predicted octanol–water partition coefficient (Wildman–Crippen LogP) is 2.06. The summed E-state index contributed by atoms with van der Waals surface area (Å²) in [6.07, 6.45) is 3.54. The smallest absolute Gasteiger partial charge is 0.312 e. The van der Waals surface area contributed by atoms with Crippen LogP contribution in [-0.2, 0) is 20.1 Å². The van der Waals surface area contributed by atoms with Crippen molar-refractivity contribution in [3.8, 4) is 0 Å². The van der Waals surface area contributed by atoms with Gasteiger partial charge in [-0.05, 0) is 26.0 Å². The van der Waals surface area contributed by atoms with E-state index in [9.17, 15) is 14.9 Å². The number of nitrogens with zero attached hydrogens (tertiary/aromatic N) is 6. The summed E-state index contributed by atoms with van der Waals surface area (Å²) in [4.78, 5) is 24.7. The summed E-state index contributed by atoms with van der Waals surface area (Å²) in [5, 5.41) is 19.4. The second-order valence-corrected chi connectivity index (χ2v) is 6.38. The summed E-state index contributed by atoms with van der Waals surface area (Å²) >= 11 is 0. The van der Waals surface area contributed by atoms with Crippen molar-refractivity contribution in [3.05, 3.63) is 63.1 Å². The third kappa shape index (κ3) is 3.73. The van der Waals surface area contributed by atoms with Crippen LogP contribution in [0.1, 0.15) is 33.3 Å². The SMILES string of the molecule is Cc1nn(Cc2ccc(C(=O)N(C)Cc3cnn(C)c3)o2)c(C)c1[N+](=O)[O-]. The molecular weight excluding hydrogens is 352 g/mol. The molecule has 0 aliphatic rings. The molecule has 0 saturated heterocycles. The molecule has 0 aliphatic heterocycles. The van der Waals surface area contributed by atoms with Gasteiger partial charge in [0.1, 0.15) is 17.1 Å². The van der Waals surface area contributed by atoms with Crippen molar-refractivity contribution in [3.63, 3.8) is 0 Å². The number of rotatable bonds is 6. The van der Waals surface area contributed by atoms with Gasteiger partial charge < -0.3 is 9.32 Å². The highest BCUT2D eigenvalue weighted by Crippen LogP contribution is 2.23. The minimum atomic E-state index is -0.446. The van der Waals surface area contributed by atoms with Crippen LogP contribution in [0, 0.1) is 24.0 Å². The molecule has 27 heavy (non-hydrogen) atoms. The Labute approximate surface area is 155 Å². The van der Waals surface area contributed by atoms with E-state index in [1.54, 1.807) is 43.9 Å². The first-order valence-electron chi connectivity index (χ1n) is 8.26. The first-order chi connectivity index (χ1) is 12.8. The molecule has 10 nitrogen and oxygen atoms in total. The highest BCUT2D eigenvalue weighted by Gasteiger charge is 2.23. The Kier molecular flexibility index (Phi) is 4.80. The van der Waals surface area contributed by atoms with Crippen molar-refractivity contribution in [2.24, 2.45) is 7.05 Å². The van der Waals surface area contributed by atoms with Crippen molar-refractivity contribution >= 4 is 11.6 Å². The molecular formula is C17H20N6O4. The maximum Gasteiger partial charge on any atom is 0.312 e. The van der Waals surface area contributed by atoms with Crippen LogP contribution in [0.3, 0.4) is 0 Å². The zero-order chi connectivity index (χ0) is 19.7. The van der Waals surface area contributed by atoms with Crippen LogP contribution in [0.25, 0.3) is 0 Å². The summed E-state index contributed by atoms with van der Waals surface area (Å²) in [5.74, 6) is 0.436. The highest BCUT2D eigenvalue weighted by molar-refractivity contribution is 5.91. The molecule has 0 fully saturated rings. The summed E-state index contributed by atoms with van der Waals surface area (Å²) in [7, 11) is 3.50. The van der Waals surface area contributed by atoms with E-state index >= 15 is 0 Å². The van der Waals surface area contributed by atoms with Crippen molar-refractivity contribution in [2.75, 3.05) is 7.05 Å². The Balaban J connectivity index is 1.72. The first kappa shape index (κ1) is 18.4. The van der Waals surface area contributed by atoms with Crippen LogP contribution in [-0.4, -0.2) is 42.3 Å². The van der Waals surface area contributed by atoms with Gasteiger partial charge in [-0.3, -0.25) is 24.3 Å². The largest absolute Gasteiger partial charge is 0.454 e. The fourth-order valence-corrected chi connectivity index (χ4v) is 2.92. The van der Waals surface area contributed by atoms with Gasteiger partial charge in [0.2, 0.25) is 0 Å². The summed E-state index contributed by atoms with van der Waals surface area (Å²) < 4.78 is 8.81. The van der Waals surface area contributed by atoms with E-state index in [0.29, 0.717) is 23.7 Å². The fraction of sp³-hybridized carbons (Fsp3) is 0.353. The second kappa shape index (κ2) is 7.06. The van der Waals surface area contributed by atoms with Crippen molar-refractivity contribution in [1.29, 1.82) is 0 Å². The van der Waals surface area contributed by atoms with E-state index < -0.39 is 4.92 Å². The molecule has 0 N–H and O–H groups in total. The zero-order valence-corrected chi connectivity index (χ0v) is 15.5. The number of nitro groups is 1. The Morgan fingerprint density at radius 1 is 1.37 bits per heavy atom. The van der Waals surface area contributed by atoms with Gasteiger partial charge in [0, 0.05) is 32.4 Å². The van der Waals surface area contributed by atoms with Gasteiger partial charge >= 0.3 is 5.69 Å². The van der Waals surface area contributed by atoms with E-state index in [4.69, 9.17) is 4.42 Å². The second-order valence-electron chi connectivity index (χ2n) is 6.38. The van der Waals surface area contributed by atoms with Gasteiger partial charge in [0.05, 0.1) is 17.7 Å². The lowest BCUT2D eigenvalue weighted by Gasteiger charge is -2.14. The van der Waals surface area contributed by atoms with Gasteiger partial charge in [-0.1, -0.05) is 0 Å². The average Bonchev–Trinajstić information content (AvgIpc) is 3.28. The average molecular weight is 372 g/mol.